The van der Waals surface area contributed by atoms with Crippen LogP contribution < -0.4 is 0 Å². The van der Waals surface area contributed by atoms with Crippen LogP contribution in [0.4, 0.5) is 4.79 Å². The fourth-order valence-electron chi connectivity index (χ4n) is 4.88. The van der Waals surface area contributed by atoms with Crippen molar-refractivity contribution in [3.63, 3.8) is 0 Å². The van der Waals surface area contributed by atoms with Crippen LogP contribution in [0.2, 0.25) is 0 Å². The normalized spacial score (nSPS) is 26.9. The van der Waals surface area contributed by atoms with Gasteiger partial charge in [0.2, 0.25) is 17.6 Å². The molecule has 8 heteroatoms. The number of hydrogen-bond acceptors (Lipinski definition) is 6. The molecule has 3 unspecified atom stereocenters. The molecule has 1 saturated carbocycles. The highest BCUT2D eigenvalue weighted by Crippen LogP contribution is 2.36. The lowest BCUT2D eigenvalue weighted by Gasteiger charge is -2.46. The molecule has 2 saturated heterocycles. The van der Waals surface area contributed by atoms with Crippen LogP contribution in [0.1, 0.15) is 44.4 Å². The second-order valence-electron chi connectivity index (χ2n) is 8.33. The van der Waals surface area contributed by atoms with Gasteiger partial charge >= 0.3 is 6.03 Å². The lowest BCUT2D eigenvalue weighted by molar-refractivity contribution is -0.142. The van der Waals surface area contributed by atoms with Crippen LogP contribution in [-0.2, 0) is 16.1 Å². The summed E-state index contributed by atoms with van der Waals surface area (Å²) in [5.74, 6) is 0.682. The van der Waals surface area contributed by atoms with Gasteiger partial charge in [-0.3, -0.25) is 9.69 Å². The fraction of sp³-hybridized carbons (Fsp3) is 0.545. The quantitative estimate of drug-likeness (QED) is 0.752. The summed E-state index contributed by atoms with van der Waals surface area (Å²) >= 11 is 0. The molecule has 0 N–H and O–H groups in total. The van der Waals surface area contributed by atoms with Crippen LogP contribution >= 0.6 is 0 Å². The van der Waals surface area contributed by atoms with Gasteiger partial charge in [0.1, 0.15) is 6.54 Å². The third-order valence-electron chi connectivity index (χ3n) is 6.41. The zero-order valence-electron chi connectivity index (χ0n) is 16.9. The summed E-state index contributed by atoms with van der Waals surface area (Å²) in [6, 6.07) is 9.23. The molecule has 5 rings (SSSR count). The Morgan fingerprint density at radius 3 is 2.67 bits per heavy atom. The van der Waals surface area contributed by atoms with Gasteiger partial charge in [-0.1, -0.05) is 48.3 Å². The summed E-state index contributed by atoms with van der Waals surface area (Å²) in [6.45, 7) is 1.24. The van der Waals surface area contributed by atoms with Gasteiger partial charge in [0, 0.05) is 18.2 Å². The standard InChI is InChI=1S/C22H26N4O4/c27-21-17-10-4-5-11-18(17)25(22(28)26(21)13-16-9-6-12-29-16)14-19-23-20(24-30-19)15-7-2-1-3-8-15/h1-3,7-8,16-18H,4-6,9-14H2. The summed E-state index contributed by atoms with van der Waals surface area (Å²) in [5, 5.41) is 4.07. The molecule has 158 valence electrons. The van der Waals surface area contributed by atoms with E-state index in [0.29, 0.717) is 24.9 Å². The van der Waals surface area contributed by atoms with Gasteiger partial charge in [0.05, 0.1) is 18.6 Å². The van der Waals surface area contributed by atoms with Crippen LogP contribution in [0, 0.1) is 5.92 Å². The number of rotatable bonds is 5. The summed E-state index contributed by atoms with van der Waals surface area (Å²) in [5.41, 5.74) is 0.864. The largest absolute Gasteiger partial charge is 0.376 e. The first-order valence-corrected chi connectivity index (χ1v) is 10.8. The van der Waals surface area contributed by atoms with Crippen LogP contribution in [0.5, 0.6) is 0 Å². The maximum Gasteiger partial charge on any atom is 0.327 e. The van der Waals surface area contributed by atoms with Crippen molar-refractivity contribution in [1.82, 2.24) is 19.9 Å². The van der Waals surface area contributed by atoms with E-state index in [1.165, 1.54) is 4.90 Å². The van der Waals surface area contributed by atoms with E-state index in [2.05, 4.69) is 10.1 Å². The van der Waals surface area contributed by atoms with Gasteiger partial charge in [0.25, 0.3) is 0 Å². The van der Waals surface area contributed by atoms with E-state index in [1.54, 1.807) is 4.90 Å². The van der Waals surface area contributed by atoms with E-state index >= 15 is 0 Å². The monoisotopic (exact) mass is 410 g/mol. The first-order valence-electron chi connectivity index (χ1n) is 10.8. The first-order chi connectivity index (χ1) is 14.7. The topological polar surface area (TPSA) is 88.8 Å². The van der Waals surface area contributed by atoms with Gasteiger partial charge in [-0.15, -0.1) is 0 Å². The molecule has 0 radical (unpaired) electrons. The molecule has 1 aromatic heterocycles. The van der Waals surface area contributed by atoms with Crippen LogP contribution in [0.25, 0.3) is 11.4 Å². The molecule has 3 fully saturated rings. The molecule has 8 nitrogen and oxygen atoms in total. The zero-order chi connectivity index (χ0) is 20.5. The number of aromatic nitrogens is 2. The highest BCUT2D eigenvalue weighted by molar-refractivity contribution is 5.98. The molecular formula is C22H26N4O4. The maximum atomic E-state index is 13.3. The van der Waals surface area contributed by atoms with Crippen molar-refractivity contribution in [2.75, 3.05) is 13.2 Å². The lowest BCUT2D eigenvalue weighted by Crippen LogP contribution is -2.63. The van der Waals surface area contributed by atoms with Crippen molar-refractivity contribution in [2.45, 2.75) is 57.2 Å². The zero-order valence-corrected chi connectivity index (χ0v) is 16.9. The van der Waals surface area contributed by atoms with Gasteiger partial charge in [-0.2, -0.15) is 4.98 Å². The molecule has 30 heavy (non-hydrogen) atoms. The van der Waals surface area contributed by atoms with Gasteiger partial charge in [-0.05, 0) is 25.7 Å². The number of nitrogens with zero attached hydrogens (tertiary/aromatic N) is 4. The van der Waals surface area contributed by atoms with Crippen LogP contribution in [0.3, 0.4) is 0 Å². The van der Waals surface area contributed by atoms with E-state index in [1.807, 2.05) is 30.3 Å². The number of ether oxygens (including phenoxy) is 1. The second-order valence-corrected chi connectivity index (χ2v) is 8.33. The Morgan fingerprint density at radius 2 is 1.87 bits per heavy atom. The number of amides is 3. The molecule has 0 bridgehead atoms. The Kier molecular flexibility index (Phi) is 5.25. The van der Waals surface area contributed by atoms with E-state index in [0.717, 1.165) is 44.1 Å². The number of carbonyl (C=O) groups excluding carboxylic acids is 2. The molecule has 3 amide bonds. The Balaban J connectivity index is 1.38. The third kappa shape index (κ3) is 3.60. The Bertz CT molecular complexity index is 909. The van der Waals surface area contributed by atoms with E-state index in [4.69, 9.17) is 9.26 Å². The lowest BCUT2D eigenvalue weighted by atomic mass is 9.81. The van der Waals surface area contributed by atoms with E-state index in [-0.39, 0.29) is 36.5 Å². The van der Waals surface area contributed by atoms with Crippen LogP contribution in [0.15, 0.2) is 34.9 Å². The van der Waals surface area contributed by atoms with E-state index in [9.17, 15) is 9.59 Å². The van der Waals surface area contributed by atoms with Gasteiger partial charge in [0.15, 0.2) is 0 Å². The minimum atomic E-state index is -0.266. The first kappa shape index (κ1) is 19.2. The molecule has 3 heterocycles. The number of benzene rings is 1. The van der Waals surface area contributed by atoms with Crippen molar-refractivity contribution < 1.29 is 18.8 Å². The Hall–Kier alpha value is -2.74. The van der Waals surface area contributed by atoms with Crippen molar-refractivity contribution in [3.05, 3.63) is 36.2 Å². The summed E-state index contributed by atoms with van der Waals surface area (Å²) in [6.07, 6.45) is 5.47. The predicted octanol–water partition coefficient (Wildman–Crippen LogP) is 3.24. The summed E-state index contributed by atoms with van der Waals surface area (Å²) < 4.78 is 11.2. The molecule has 2 aliphatic heterocycles. The SMILES string of the molecule is O=C1C2CCCCC2N(Cc2nc(-c3ccccc3)no2)C(=O)N1CC1CCCO1. The average molecular weight is 410 g/mol. The van der Waals surface area contributed by atoms with Gasteiger partial charge < -0.3 is 14.2 Å². The Morgan fingerprint density at radius 1 is 1.03 bits per heavy atom. The third-order valence-corrected chi connectivity index (χ3v) is 6.41. The highest BCUT2D eigenvalue weighted by atomic mass is 16.5. The number of carbonyl (C=O) groups is 2. The minimum Gasteiger partial charge on any atom is -0.376 e. The fourth-order valence-corrected chi connectivity index (χ4v) is 4.88. The number of imide groups is 1. The second kappa shape index (κ2) is 8.18. The van der Waals surface area contributed by atoms with Crippen molar-refractivity contribution in [3.8, 4) is 11.4 Å². The van der Waals surface area contributed by atoms with Gasteiger partial charge in [-0.25, -0.2) is 4.79 Å². The summed E-state index contributed by atoms with van der Waals surface area (Å²) in [4.78, 5) is 34.1. The number of fused-ring (bicyclic) bond motifs is 1. The molecule has 0 spiro atoms. The molecule has 3 atom stereocenters. The predicted molar refractivity (Wildman–Crippen MR) is 107 cm³/mol. The molecule has 2 aromatic rings. The maximum absolute atomic E-state index is 13.3. The van der Waals surface area contributed by atoms with Crippen molar-refractivity contribution >= 4 is 11.9 Å². The summed E-state index contributed by atoms with van der Waals surface area (Å²) in [7, 11) is 0. The highest BCUT2D eigenvalue weighted by Gasteiger charge is 2.48. The molecule has 1 aromatic carbocycles. The average Bonchev–Trinajstić information content (AvgIpc) is 3.47. The Labute approximate surface area is 175 Å². The smallest absolute Gasteiger partial charge is 0.327 e. The molecule has 1 aliphatic carbocycles. The number of hydrogen-bond donors (Lipinski definition) is 0. The minimum absolute atomic E-state index is 0.0491. The van der Waals surface area contributed by atoms with Crippen molar-refractivity contribution in [2.24, 2.45) is 5.92 Å². The number of urea groups is 1. The van der Waals surface area contributed by atoms with Crippen molar-refractivity contribution in [1.29, 1.82) is 0 Å². The molecule has 3 aliphatic rings. The molecular weight excluding hydrogens is 384 g/mol. The van der Waals surface area contributed by atoms with E-state index < -0.39 is 0 Å². The van der Waals surface area contributed by atoms with Crippen LogP contribution in [-0.4, -0.2) is 57.2 Å².